The highest BCUT2D eigenvalue weighted by molar-refractivity contribution is 7.89. The van der Waals surface area contributed by atoms with Gasteiger partial charge < -0.3 is 19.3 Å². The van der Waals surface area contributed by atoms with Crippen molar-refractivity contribution in [1.82, 2.24) is 14.4 Å². The Morgan fingerprint density at radius 3 is 2.44 bits per heavy atom. The highest BCUT2D eigenvalue weighted by Crippen LogP contribution is 2.27. The molecule has 1 aromatic carbocycles. The third-order valence-corrected chi connectivity index (χ3v) is 6.56. The lowest BCUT2D eigenvalue weighted by molar-refractivity contribution is -0.274. The molecule has 1 aliphatic heterocycles. The molecule has 1 atom stereocenters. The van der Waals surface area contributed by atoms with E-state index in [4.69, 9.17) is 4.52 Å². The van der Waals surface area contributed by atoms with Gasteiger partial charge in [0, 0.05) is 25.7 Å². The summed E-state index contributed by atoms with van der Waals surface area (Å²) in [7, 11) is -4.37. The van der Waals surface area contributed by atoms with Crippen molar-refractivity contribution in [1.29, 1.82) is 0 Å². The van der Waals surface area contributed by atoms with Crippen LogP contribution in [-0.4, -0.2) is 71.8 Å². The first-order valence-electron chi connectivity index (χ1n) is 9.17. The number of carboxylic acid groups (broad SMARTS) is 1. The fourth-order valence-corrected chi connectivity index (χ4v) is 4.76. The van der Waals surface area contributed by atoms with Crippen LogP contribution in [0.4, 0.5) is 13.2 Å². The van der Waals surface area contributed by atoms with Crippen LogP contribution in [0, 0.1) is 6.92 Å². The molecule has 0 bridgehead atoms. The molecule has 2 aromatic rings. The standard InChI is InChI=1S/C18H18F3N3O7S/c1-11-8-13(31-22-11)9-16(25)23-6-7-24(15(10-23)17(26)27)32(28,29)14-4-2-12(3-5-14)30-18(19,20)21/h2-5,8,15H,6-7,9-10H2,1H3,(H,26,27)/t15-/m1/s1. The van der Waals surface area contributed by atoms with Crippen molar-refractivity contribution < 1.29 is 45.5 Å². The fourth-order valence-electron chi connectivity index (χ4n) is 3.19. The number of aromatic nitrogens is 1. The zero-order chi connectivity index (χ0) is 23.7. The van der Waals surface area contributed by atoms with Crippen molar-refractivity contribution in [3.8, 4) is 5.75 Å². The molecule has 32 heavy (non-hydrogen) atoms. The molecule has 0 unspecified atom stereocenters. The molecule has 1 fully saturated rings. The third-order valence-electron chi connectivity index (χ3n) is 4.64. The van der Waals surface area contributed by atoms with E-state index in [1.165, 1.54) is 4.90 Å². The number of carbonyl (C=O) groups excluding carboxylic acids is 1. The number of rotatable bonds is 6. The Hall–Kier alpha value is -3.13. The van der Waals surface area contributed by atoms with Crippen LogP contribution in [0.1, 0.15) is 11.5 Å². The number of carboxylic acids is 1. The van der Waals surface area contributed by atoms with Crippen LogP contribution in [0.3, 0.4) is 0 Å². The van der Waals surface area contributed by atoms with E-state index >= 15 is 0 Å². The van der Waals surface area contributed by atoms with Crippen molar-refractivity contribution in [3.05, 3.63) is 41.8 Å². The maximum atomic E-state index is 12.9. The molecule has 10 nitrogen and oxygen atoms in total. The van der Waals surface area contributed by atoms with Gasteiger partial charge in [-0.2, -0.15) is 4.31 Å². The largest absolute Gasteiger partial charge is 0.573 e. The molecule has 0 spiro atoms. The van der Waals surface area contributed by atoms with E-state index in [1.54, 1.807) is 13.0 Å². The minimum atomic E-state index is -4.94. The zero-order valence-corrected chi connectivity index (χ0v) is 17.4. The quantitative estimate of drug-likeness (QED) is 0.661. The van der Waals surface area contributed by atoms with Gasteiger partial charge in [-0.05, 0) is 31.2 Å². The van der Waals surface area contributed by atoms with Gasteiger partial charge in [0.1, 0.15) is 17.6 Å². The van der Waals surface area contributed by atoms with Crippen LogP contribution in [-0.2, 0) is 26.0 Å². The summed E-state index contributed by atoms with van der Waals surface area (Å²) in [5, 5.41) is 13.2. The molecule has 174 valence electrons. The summed E-state index contributed by atoms with van der Waals surface area (Å²) in [6, 6.07) is 3.38. The SMILES string of the molecule is Cc1cc(CC(=O)N2CCN(S(=O)(=O)c3ccc(OC(F)(F)F)cc3)[C@@H](C(=O)O)C2)on1. The van der Waals surface area contributed by atoms with Crippen molar-refractivity contribution in [3.63, 3.8) is 0 Å². The van der Waals surface area contributed by atoms with Gasteiger partial charge >= 0.3 is 12.3 Å². The number of hydrogen-bond donors (Lipinski definition) is 1. The monoisotopic (exact) mass is 477 g/mol. The van der Waals surface area contributed by atoms with Gasteiger partial charge in [0.25, 0.3) is 0 Å². The lowest BCUT2D eigenvalue weighted by Gasteiger charge is -2.38. The van der Waals surface area contributed by atoms with E-state index in [2.05, 4.69) is 9.89 Å². The lowest BCUT2D eigenvalue weighted by Crippen LogP contribution is -2.59. The lowest BCUT2D eigenvalue weighted by atomic mass is 10.2. The van der Waals surface area contributed by atoms with Gasteiger partial charge in [0.2, 0.25) is 15.9 Å². The molecule has 0 aliphatic carbocycles. The first kappa shape index (κ1) is 23.5. The molecule has 1 aromatic heterocycles. The normalized spacial score (nSPS) is 17.9. The van der Waals surface area contributed by atoms with Crippen LogP contribution >= 0.6 is 0 Å². The van der Waals surface area contributed by atoms with E-state index in [0.717, 1.165) is 24.3 Å². The Morgan fingerprint density at radius 1 is 1.25 bits per heavy atom. The summed E-state index contributed by atoms with van der Waals surface area (Å²) in [6.45, 7) is 0.866. The molecule has 1 saturated heterocycles. The number of halogens is 3. The van der Waals surface area contributed by atoms with Gasteiger partial charge in [-0.25, -0.2) is 8.42 Å². The molecular formula is C18H18F3N3O7S. The van der Waals surface area contributed by atoms with Crippen molar-refractivity contribution in [2.75, 3.05) is 19.6 Å². The van der Waals surface area contributed by atoms with E-state index in [1.807, 2.05) is 0 Å². The van der Waals surface area contributed by atoms with E-state index in [-0.39, 0.29) is 25.3 Å². The highest BCUT2D eigenvalue weighted by Gasteiger charge is 2.41. The molecule has 3 rings (SSSR count). The van der Waals surface area contributed by atoms with Crippen molar-refractivity contribution in [2.45, 2.75) is 30.6 Å². The third kappa shape index (κ3) is 5.37. The number of ether oxygens (including phenoxy) is 1. The molecule has 1 amide bonds. The Labute approximate surface area is 180 Å². The number of sulfonamides is 1. The molecule has 0 saturated carbocycles. The van der Waals surface area contributed by atoms with E-state index < -0.39 is 51.5 Å². The maximum absolute atomic E-state index is 12.9. The second-order valence-electron chi connectivity index (χ2n) is 6.94. The molecule has 0 radical (unpaired) electrons. The number of carbonyl (C=O) groups is 2. The second-order valence-corrected chi connectivity index (χ2v) is 8.83. The topological polar surface area (TPSA) is 130 Å². The van der Waals surface area contributed by atoms with Gasteiger partial charge in [-0.3, -0.25) is 9.59 Å². The van der Waals surface area contributed by atoms with Crippen LogP contribution < -0.4 is 4.74 Å². The average molecular weight is 477 g/mol. The number of piperazine rings is 1. The van der Waals surface area contributed by atoms with Gasteiger partial charge in [0.05, 0.1) is 17.0 Å². The Kier molecular flexibility index (Phi) is 6.46. The number of benzene rings is 1. The summed E-state index contributed by atoms with van der Waals surface area (Å²) in [5.41, 5.74) is 0.568. The molecule has 2 heterocycles. The number of alkyl halides is 3. The van der Waals surface area contributed by atoms with Gasteiger partial charge in [-0.15, -0.1) is 13.2 Å². The smallest absolute Gasteiger partial charge is 0.480 e. The van der Waals surface area contributed by atoms with E-state index in [0.29, 0.717) is 10.00 Å². The van der Waals surface area contributed by atoms with Crippen LogP contribution in [0.15, 0.2) is 39.8 Å². The molecular weight excluding hydrogens is 459 g/mol. The van der Waals surface area contributed by atoms with Crippen molar-refractivity contribution >= 4 is 21.9 Å². The molecule has 1 N–H and O–H groups in total. The summed E-state index contributed by atoms with van der Waals surface area (Å²) in [6.07, 6.45) is -5.11. The predicted octanol–water partition coefficient (Wildman–Crippen LogP) is 1.41. The number of aliphatic carboxylic acids is 1. The number of aryl methyl sites for hydroxylation is 1. The maximum Gasteiger partial charge on any atom is 0.573 e. The second kappa shape index (κ2) is 8.78. The fraction of sp³-hybridized carbons (Fsp3) is 0.389. The first-order valence-corrected chi connectivity index (χ1v) is 10.6. The summed E-state index contributed by atoms with van der Waals surface area (Å²) >= 11 is 0. The van der Waals surface area contributed by atoms with Crippen LogP contribution in [0.2, 0.25) is 0 Å². The minimum absolute atomic E-state index is 0.0791. The average Bonchev–Trinajstić information content (AvgIpc) is 3.11. The Balaban J connectivity index is 1.75. The number of amides is 1. The van der Waals surface area contributed by atoms with Crippen LogP contribution in [0.25, 0.3) is 0 Å². The first-order chi connectivity index (χ1) is 14.9. The zero-order valence-electron chi connectivity index (χ0n) is 16.6. The van der Waals surface area contributed by atoms with E-state index in [9.17, 15) is 36.3 Å². The molecule has 1 aliphatic rings. The Morgan fingerprint density at radius 2 is 1.91 bits per heavy atom. The number of hydrogen-bond acceptors (Lipinski definition) is 7. The minimum Gasteiger partial charge on any atom is -0.480 e. The van der Waals surface area contributed by atoms with Crippen molar-refractivity contribution in [2.24, 2.45) is 0 Å². The summed E-state index contributed by atoms with van der Waals surface area (Å²) in [5.74, 6) is -2.27. The Bertz CT molecular complexity index is 1100. The van der Waals surface area contributed by atoms with Crippen LogP contribution in [0.5, 0.6) is 5.75 Å². The predicted molar refractivity (Wildman–Crippen MR) is 100.0 cm³/mol. The highest BCUT2D eigenvalue weighted by atomic mass is 32.2. The number of nitrogens with zero attached hydrogens (tertiary/aromatic N) is 3. The summed E-state index contributed by atoms with van der Waals surface area (Å²) < 4.78 is 72.1. The summed E-state index contributed by atoms with van der Waals surface area (Å²) in [4.78, 5) is 25.1. The van der Waals surface area contributed by atoms with Gasteiger partial charge in [-0.1, -0.05) is 5.16 Å². The van der Waals surface area contributed by atoms with Gasteiger partial charge in [0.15, 0.2) is 0 Å². The molecule has 14 heteroatoms.